The maximum Gasteiger partial charge on any atom is 0.166 e. The Morgan fingerprint density at radius 1 is 1.33 bits per heavy atom. The van der Waals surface area contributed by atoms with E-state index in [2.05, 4.69) is 26.0 Å². The Morgan fingerprint density at radius 2 is 2.00 bits per heavy atom. The van der Waals surface area contributed by atoms with Crippen molar-refractivity contribution in [3.8, 4) is 0 Å². The first-order valence-corrected chi connectivity index (χ1v) is 5.74. The van der Waals surface area contributed by atoms with Crippen LogP contribution >= 0.6 is 0 Å². The third-order valence-corrected chi connectivity index (χ3v) is 3.13. The van der Waals surface area contributed by atoms with Crippen LogP contribution < -0.4 is 0 Å². The van der Waals surface area contributed by atoms with E-state index in [1.54, 1.807) is 0 Å². The lowest BCUT2D eigenvalue weighted by Gasteiger charge is -2.09. The van der Waals surface area contributed by atoms with E-state index in [1.807, 2.05) is 13.0 Å². The summed E-state index contributed by atoms with van der Waals surface area (Å²) >= 11 is 0. The van der Waals surface area contributed by atoms with E-state index in [0.717, 1.165) is 24.0 Å². The predicted octanol–water partition coefficient (Wildman–Crippen LogP) is 3.71. The van der Waals surface area contributed by atoms with Gasteiger partial charge >= 0.3 is 0 Å². The van der Waals surface area contributed by atoms with Gasteiger partial charge in [0, 0.05) is 11.5 Å². The second kappa shape index (κ2) is 3.80. The van der Waals surface area contributed by atoms with E-state index < -0.39 is 0 Å². The van der Waals surface area contributed by atoms with Crippen LogP contribution in [-0.4, -0.2) is 5.78 Å². The van der Waals surface area contributed by atoms with E-state index in [0.29, 0.717) is 17.6 Å². The first-order chi connectivity index (χ1) is 7.09. The number of hydrogen-bond acceptors (Lipinski definition) is 1. The van der Waals surface area contributed by atoms with Crippen molar-refractivity contribution in [2.75, 3.05) is 0 Å². The fraction of sp³-hybridized carbons (Fsp3) is 0.500. The molecule has 1 fully saturated rings. The van der Waals surface area contributed by atoms with Gasteiger partial charge < -0.3 is 0 Å². The van der Waals surface area contributed by atoms with Gasteiger partial charge in [-0.3, -0.25) is 4.79 Å². The molecular formula is C14H18O. The molecule has 80 valence electrons. The largest absolute Gasteiger partial charge is 0.294 e. The molecular weight excluding hydrogens is 184 g/mol. The van der Waals surface area contributed by atoms with Crippen molar-refractivity contribution in [3.05, 3.63) is 34.9 Å². The Kier molecular flexibility index (Phi) is 2.64. The van der Waals surface area contributed by atoms with Crippen molar-refractivity contribution in [1.29, 1.82) is 0 Å². The molecule has 0 atom stereocenters. The molecule has 1 aromatic carbocycles. The molecule has 1 aromatic rings. The number of Topliss-reactive ketones (excluding diaryl/α,β-unsaturated/α-hetero) is 1. The number of hydrogen-bond donors (Lipinski definition) is 0. The first kappa shape index (κ1) is 10.4. The van der Waals surface area contributed by atoms with Crippen LogP contribution in [0.4, 0.5) is 0 Å². The number of benzene rings is 1. The van der Waals surface area contributed by atoms with E-state index in [-0.39, 0.29) is 0 Å². The highest BCUT2D eigenvalue weighted by atomic mass is 16.1. The fourth-order valence-corrected chi connectivity index (χ4v) is 1.89. The highest BCUT2D eigenvalue weighted by Gasteiger charge is 2.31. The van der Waals surface area contributed by atoms with Gasteiger partial charge in [-0.05, 0) is 36.8 Å². The fourth-order valence-electron chi connectivity index (χ4n) is 1.89. The minimum Gasteiger partial charge on any atom is -0.294 e. The van der Waals surface area contributed by atoms with Crippen molar-refractivity contribution in [1.82, 2.24) is 0 Å². The van der Waals surface area contributed by atoms with Gasteiger partial charge in [-0.15, -0.1) is 0 Å². The van der Waals surface area contributed by atoms with Gasteiger partial charge in [-0.2, -0.15) is 0 Å². The molecule has 0 unspecified atom stereocenters. The second-order valence-electron chi connectivity index (χ2n) is 4.87. The van der Waals surface area contributed by atoms with Crippen molar-refractivity contribution in [2.24, 2.45) is 5.92 Å². The van der Waals surface area contributed by atoms with Gasteiger partial charge in [-0.25, -0.2) is 0 Å². The summed E-state index contributed by atoms with van der Waals surface area (Å²) in [5.41, 5.74) is 3.39. The zero-order valence-electron chi connectivity index (χ0n) is 9.71. The Bertz CT molecular complexity index is 386. The summed E-state index contributed by atoms with van der Waals surface area (Å²) in [6, 6.07) is 6.25. The molecule has 0 heterocycles. The minimum atomic E-state index is 0.327. The van der Waals surface area contributed by atoms with Crippen LogP contribution in [0, 0.1) is 12.8 Å². The summed E-state index contributed by atoms with van der Waals surface area (Å²) in [6.07, 6.45) is 2.18. The van der Waals surface area contributed by atoms with Crippen LogP contribution in [0.5, 0.6) is 0 Å². The van der Waals surface area contributed by atoms with Crippen LogP contribution in [0.2, 0.25) is 0 Å². The molecule has 2 rings (SSSR count). The van der Waals surface area contributed by atoms with Crippen LogP contribution in [-0.2, 0) is 0 Å². The van der Waals surface area contributed by atoms with Crippen molar-refractivity contribution < 1.29 is 4.79 Å². The normalized spacial score (nSPS) is 15.7. The molecule has 0 aromatic heterocycles. The molecule has 1 aliphatic rings. The molecule has 1 heteroatoms. The average molecular weight is 202 g/mol. The summed E-state index contributed by atoms with van der Waals surface area (Å²) in [5, 5.41) is 0. The lowest BCUT2D eigenvalue weighted by molar-refractivity contribution is 0.0967. The quantitative estimate of drug-likeness (QED) is 0.683. The van der Waals surface area contributed by atoms with Gasteiger partial charge in [0.05, 0.1) is 0 Å². The summed E-state index contributed by atoms with van der Waals surface area (Å²) < 4.78 is 0. The Labute approximate surface area is 91.5 Å². The number of carbonyl (C=O) groups excluding carboxylic acids is 1. The van der Waals surface area contributed by atoms with E-state index in [4.69, 9.17) is 0 Å². The molecule has 0 radical (unpaired) electrons. The third-order valence-electron chi connectivity index (χ3n) is 3.13. The first-order valence-electron chi connectivity index (χ1n) is 5.74. The second-order valence-corrected chi connectivity index (χ2v) is 4.87. The number of carbonyl (C=O) groups is 1. The summed E-state index contributed by atoms with van der Waals surface area (Å²) in [4.78, 5) is 11.9. The number of ketones is 1. The highest BCUT2D eigenvalue weighted by Crippen LogP contribution is 2.33. The van der Waals surface area contributed by atoms with Gasteiger partial charge in [-0.1, -0.05) is 32.0 Å². The maximum atomic E-state index is 11.9. The molecule has 1 saturated carbocycles. The molecule has 0 aliphatic heterocycles. The molecule has 1 aliphatic carbocycles. The molecule has 0 bridgehead atoms. The third kappa shape index (κ3) is 2.11. The smallest absolute Gasteiger partial charge is 0.166 e. The molecule has 1 nitrogen and oxygen atoms in total. The van der Waals surface area contributed by atoms with E-state index >= 15 is 0 Å². The summed E-state index contributed by atoms with van der Waals surface area (Å²) in [5.74, 6) is 1.21. The highest BCUT2D eigenvalue weighted by molar-refractivity contribution is 6.00. The van der Waals surface area contributed by atoms with Gasteiger partial charge in [0.2, 0.25) is 0 Å². The predicted molar refractivity (Wildman–Crippen MR) is 62.3 cm³/mol. The molecule has 0 spiro atoms. The van der Waals surface area contributed by atoms with Gasteiger partial charge in [0.25, 0.3) is 0 Å². The average Bonchev–Trinajstić information content (AvgIpc) is 2.99. The van der Waals surface area contributed by atoms with Gasteiger partial charge in [0.1, 0.15) is 0 Å². The molecule has 0 amide bonds. The molecule has 0 saturated heterocycles. The monoisotopic (exact) mass is 202 g/mol. The minimum absolute atomic E-state index is 0.327. The van der Waals surface area contributed by atoms with Crippen LogP contribution in [0.15, 0.2) is 18.2 Å². The summed E-state index contributed by atoms with van der Waals surface area (Å²) in [7, 11) is 0. The van der Waals surface area contributed by atoms with Crippen LogP contribution in [0.25, 0.3) is 0 Å². The lowest BCUT2D eigenvalue weighted by Crippen LogP contribution is -2.04. The zero-order valence-corrected chi connectivity index (χ0v) is 9.71. The van der Waals surface area contributed by atoms with E-state index in [9.17, 15) is 4.79 Å². The standard InChI is InChI=1S/C14H18O/c1-9(2)12-6-7-13(10(3)8-12)14(15)11-4-5-11/h6-9,11H,4-5H2,1-3H3. The number of rotatable bonds is 3. The Hall–Kier alpha value is -1.11. The SMILES string of the molecule is Cc1cc(C(C)C)ccc1C(=O)C1CC1. The van der Waals surface area contributed by atoms with Crippen molar-refractivity contribution in [2.45, 2.75) is 39.5 Å². The zero-order chi connectivity index (χ0) is 11.0. The number of aryl methyl sites for hydroxylation is 1. The van der Waals surface area contributed by atoms with Crippen LogP contribution in [0.1, 0.15) is 54.1 Å². The Balaban J connectivity index is 2.29. The molecule has 15 heavy (non-hydrogen) atoms. The topological polar surface area (TPSA) is 17.1 Å². The lowest BCUT2D eigenvalue weighted by atomic mass is 9.95. The molecule has 0 N–H and O–H groups in total. The van der Waals surface area contributed by atoms with E-state index in [1.165, 1.54) is 5.56 Å². The van der Waals surface area contributed by atoms with Crippen molar-refractivity contribution in [3.63, 3.8) is 0 Å². The summed E-state index contributed by atoms with van der Waals surface area (Å²) in [6.45, 7) is 6.40. The Morgan fingerprint density at radius 3 is 2.47 bits per heavy atom. The van der Waals surface area contributed by atoms with Crippen molar-refractivity contribution >= 4 is 5.78 Å². The van der Waals surface area contributed by atoms with Crippen LogP contribution in [0.3, 0.4) is 0 Å². The maximum absolute atomic E-state index is 11.9. The van der Waals surface area contributed by atoms with Gasteiger partial charge in [0.15, 0.2) is 5.78 Å².